The number of carboxylic acid groups (broad SMARTS) is 1. The van der Waals surface area contributed by atoms with E-state index in [1.807, 2.05) is 0 Å². The molecular formula is C16H29NO3. The van der Waals surface area contributed by atoms with Crippen LogP contribution in [0.3, 0.4) is 0 Å². The van der Waals surface area contributed by atoms with E-state index < -0.39 is 5.97 Å². The zero-order valence-corrected chi connectivity index (χ0v) is 12.9. The van der Waals surface area contributed by atoms with Crippen molar-refractivity contribution in [2.45, 2.75) is 64.5 Å². The summed E-state index contributed by atoms with van der Waals surface area (Å²) >= 11 is 0. The van der Waals surface area contributed by atoms with Crippen LogP contribution in [0, 0.1) is 11.8 Å². The Kier molecular flexibility index (Phi) is 5.85. The van der Waals surface area contributed by atoms with Crippen LogP contribution in [0.15, 0.2) is 0 Å². The molecule has 1 saturated heterocycles. The van der Waals surface area contributed by atoms with Gasteiger partial charge in [0.15, 0.2) is 0 Å². The van der Waals surface area contributed by atoms with Crippen molar-refractivity contribution >= 4 is 5.97 Å². The lowest BCUT2D eigenvalue weighted by Crippen LogP contribution is -2.55. The Morgan fingerprint density at radius 1 is 1.35 bits per heavy atom. The minimum atomic E-state index is -0.605. The lowest BCUT2D eigenvalue weighted by atomic mass is 9.75. The van der Waals surface area contributed by atoms with Crippen LogP contribution in [0.25, 0.3) is 0 Å². The molecule has 0 radical (unpaired) electrons. The molecule has 0 aromatic rings. The molecule has 1 heterocycles. The van der Waals surface area contributed by atoms with Crippen LogP contribution >= 0.6 is 0 Å². The number of carboxylic acids is 1. The molecule has 0 aromatic heterocycles. The molecule has 1 aliphatic carbocycles. The Balaban J connectivity index is 2.10. The van der Waals surface area contributed by atoms with Gasteiger partial charge in [-0.3, -0.25) is 9.69 Å². The molecule has 0 bridgehead atoms. The summed E-state index contributed by atoms with van der Waals surface area (Å²) in [7, 11) is 0. The Bertz CT molecular complexity index is 321. The Hall–Kier alpha value is -0.610. The van der Waals surface area contributed by atoms with Gasteiger partial charge in [-0.15, -0.1) is 0 Å². The van der Waals surface area contributed by atoms with Crippen LogP contribution in [0.5, 0.6) is 0 Å². The van der Waals surface area contributed by atoms with Crippen molar-refractivity contribution in [3.8, 4) is 0 Å². The highest BCUT2D eigenvalue weighted by Crippen LogP contribution is 2.36. The van der Waals surface area contributed by atoms with E-state index in [1.54, 1.807) is 0 Å². The molecule has 116 valence electrons. The Morgan fingerprint density at radius 2 is 2.15 bits per heavy atom. The van der Waals surface area contributed by atoms with Crippen LogP contribution in [-0.4, -0.2) is 47.8 Å². The maximum atomic E-state index is 11.6. The van der Waals surface area contributed by atoms with Crippen molar-refractivity contribution in [2.24, 2.45) is 11.8 Å². The molecule has 1 aliphatic heterocycles. The van der Waals surface area contributed by atoms with Gasteiger partial charge in [-0.25, -0.2) is 0 Å². The maximum absolute atomic E-state index is 11.6. The molecule has 4 unspecified atom stereocenters. The Morgan fingerprint density at radius 3 is 2.80 bits per heavy atom. The van der Waals surface area contributed by atoms with Gasteiger partial charge in [-0.1, -0.05) is 26.7 Å². The molecule has 0 amide bonds. The number of ether oxygens (including phenoxy) is 1. The first-order valence-electron chi connectivity index (χ1n) is 8.23. The molecule has 2 rings (SSSR count). The molecule has 0 aromatic carbocycles. The molecule has 1 saturated carbocycles. The number of hydrogen-bond acceptors (Lipinski definition) is 3. The van der Waals surface area contributed by atoms with Crippen LogP contribution in [0.1, 0.15) is 52.4 Å². The third-order valence-corrected chi connectivity index (χ3v) is 5.11. The summed E-state index contributed by atoms with van der Waals surface area (Å²) in [5, 5.41) is 9.56. The van der Waals surface area contributed by atoms with Crippen molar-refractivity contribution in [3.63, 3.8) is 0 Å². The minimum Gasteiger partial charge on any atom is -0.481 e. The second kappa shape index (κ2) is 7.41. The molecule has 20 heavy (non-hydrogen) atoms. The highest BCUT2D eigenvalue weighted by atomic mass is 16.5. The van der Waals surface area contributed by atoms with Crippen LogP contribution < -0.4 is 0 Å². The summed E-state index contributed by atoms with van der Waals surface area (Å²) in [5.74, 6) is -0.0810. The third-order valence-electron chi connectivity index (χ3n) is 5.11. The molecule has 0 spiro atoms. The van der Waals surface area contributed by atoms with Crippen LogP contribution in [-0.2, 0) is 9.53 Å². The maximum Gasteiger partial charge on any atom is 0.308 e. The van der Waals surface area contributed by atoms with E-state index in [-0.39, 0.29) is 12.0 Å². The van der Waals surface area contributed by atoms with Crippen LogP contribution in [0.4, 0.5) is 0 Å². The van der Waals surface area contributed by atoms with E-state index in [0.717, 1.165) is 45.4 Å². The van der Waals surface area contributed by atoms with Gasteiger partial charge in [-0.2, -0.15) is 0 Å². The normalized spacial score (nSPS) is 35.9. The fraction of sp³-hybridized carbons (Fsp3) is 0.938. The highest BCUT2D eigenvalue weighted by Gasteiger charge is 2.40. The number of nitrogens with zero attached hydrogens (tertiary/aromatic N) is 1. The summed E-state index contributed by atoms with van der Waals surface area (Å²) in [6, 6.07) is 0.614. The third kappa shape index (κ3) is 3.53. The van der Waals surface area contributed by atoms with E-state index in [0.29, 0.717) is 12.0 Å². The minimum absolute atomic E-state index is 0.185. The standard InChI is InChI=1S/C16H29NO3/c1-3-5-12-6-7-14(16(18)19)15(10-12)17-8-9-20-11-13(17)4-2/h12-15H,3-11H2,1-2H3,(H,18,19). The van der Waals surface area contributed by atoms with E-state index >= 15 is 0 Å². The zero-order chi connectivity index (χ0) is 14.5. The van der Waals surface area contributed by atoms with Gasteiger partial charge in [0.2, 0.25) is 0 Å². The van der Waals surface area contributed by atoms with Gasteiger partial charge < -0.3 is 9.84 Å². The quantitative estimate of drug-likeness (QED) is 0.843. The fourth-order valence-corrected chi connectivity index (χ4v) is 4.01. The molecule has 4 atom stereocenters. The molecule has 2 aliphatic rings. The van der Waals surface area contributed by atoms with Crippen molar-refractivity contribution in [1.29, 1.82) is 0 Å². The van der Waals surface area contributed by atoms with Crippen molar-refractivity contribution < 1.29 is 14.6 Å². The number of carbonyl (C=O) groups is 1. The zero-order valence-electron chi connectivity index (χ0n) is 12.9. The van der Waals surface area contributed by atoms with Gasteiger partial charge in [0.25, 0.3) is 0 Å². The SMILES string of the molecule is CCCC1CCC(C(=O)O)C(N2CCOCC2CC)C1. The topological polar surface area (TPSA) is 49.8 Å². The average molecular weight is 283 g/mol. The first-order chi connectivity index (χ1) is 9.67. The molecular weight excluding hydrogens is 254 g/mol. The fourth-order valence-electron chi connectivity index (χ4n) is 4.01. The Labute approximate surface area is 122 Å². The first-order valence-corrected chi connectivity index (χ1v) is 8.23. The number of morpholine rings is 1. The lowest BCUT2D eigenvalue weighted by Gasteiger charge is -2.46. The predicted molar refractivity (Wildman–Crippen MR) is 78.8 cm³/mol. The second-order valence-corrected chi connectivity index (χ2v) is 6.35. The molecule has 4 nitrogen and oxygen atoms in total. The van der Waals surface area contributed by atoms with E-state index in [4.69, 9.17) is 4.74 Å². The number of aliphatic carboxylic acids is 1. The summed E-state index contributed by atoms with van der Waals surface area (Å²) in [5.41, 5.74) is 0. The summed E-state index contributed by atoms with van der Waals surface area (Å²) in [6.07, 6.45) is 6.48. The lowest BCUT2D eigenvalue weighted by molar-refractivity contribution is -0.149. The molecule has 2 fully saturated rings. The van der Waals surface area contributed by atoms with Crippen molar-refractivity contribution in [2.75, 3.05) is 19.8 Å². The van der Waals surface area contributed by atoms with Gasteiger partial charge in [-0.05, 0) is 31.6 Å². The monoisotopic (exact) mass is 283 g/mol. The molecule has 1 N–H and O–H groups in total. The van der Waals surface area contributed by atoms with Gasteiger partial charge in [0.1, 0.15) is 0 Å². The average Bonchev–Trinajstić information content (AvgIpc) is 2.47. The smallest absolute Gasteiger partial charge is 0.308 e. The summed E-state index contributed by atoms with van der Waals surface area (Å²) in [4.78, 5) is 14.1. The van der Waals surface area contributed by atoms with Gasteiger partial charge in [0.05, 0.1) is 19.1 Å². The van der Waals surface area contributed by atoms with Crippen LogP contribution in [0.2, 0.25) is 0 Å². The van der Waals surface area contributed by atoms with Crippen molar-refractivity contribution in [3.05, 3.63) is 0 Å². The highest BCUT2D eigenvalue weighted by molar-refractivity contribution is 5.71. The largest absolute Gasteiger partial charge is 0.481 e. The second-order valence-electron chi connectivity index (χ2n) is 6.35. The number of rotatable bonds is 5. The van der Waals surface area contributed by atoms with Gasteiger partial charge in [0, 0.05) is 18.6 Å². The number of hydrogen-bond donors (Lipinski definition) is 1. The predicted octanol–water partition coefficient (Wildman–Crippen LogP) is 2.77. The summed E-state index contributed by atoms with van der Waals surface area (Å²) in [6.45, 7) is 6.80. The summed E-state index contributed by atoms with van der Waals surface area (Å²) < 4.78 is 5.58. The van der Waals surface area contributed by atoms with E-state index in [9.17, 15) is 9.90 Å². The van der Waals surface area contributed by atoms with Crippen molar-refractivity contribution in [1.82, 2.24) is 4.90 Å². The van der Waals surface area contributed by atoms with E-state index in [1.165, 1.54) is 12.8 Å². The van der Waals surface area contributed by atoms with E-state index in [2.05, 4.69) is 18.7 Å². The molecule has 4 heteroatoms. The first kappa shape index (κ1) is 15.8. The van der Waals surface area contributed by atoms with Gasteiger partial charge >= 0.3 is 5.97 Å².